The van der Waals surface area contributed by atoms with Gasteiger partial charge in [-0.1, -0.05) is 12.1 Å². The minimum Gasteiger partial charge on any atom is -0.486 e. The predicted molar refractivity (Wildman–Crippen MR) is 97.6 cm³/mol. The highest BCUT2D eigenvalue weighted by atomic mass is 19.1. The fraction of sp³-hybridized carbons (Fsp3) is 0.190. The molecule has 1 aliphatic rings. The molecule has 0 saturated carbocycles. The third kappa shape index (κ3) is 3.95. The molecular weight excluding hydrogens is 349 g/mol. The molecule has 0 fully saturated rings. The molecule has 0 bridgehead atoms. The largest absolute Gasteiger partial charge is 0.486 e. The minimum absolute atomic E-state index is 0.213. The summed E-state index contributed by atoms with van der Waals surface area (Å²) in [6.07, 6.45) is 1.94. The topological polar surface area (TPSA) is 60.7 Å². The third-order valence-corrected chi connectivity index (χ3v) is 4.38. The van der Waals surface area contributed by atoms with Crippen molar-refractivity contribution >= 4 is 11.6 Å². The summed E-state index contributed by atoms with van der Waals surface area (Å²) in [4.78, 5) is 13.0. The van der Waals surface area contributed by atoms with Gasteiger partial charge in [0.05, 0.1) is 12.2 Å². The van der Waals surface area contributed by atoms with Crippen LogP contribution in [-0.4, -0.2) is 19.1 Å². The molecule has 1 amide bonds. The van der Waals surface area contributed by atoms with Crippen LogP contribution in [-0.2, 0) is 11.2 Å². The van der Waals surface area contributed by atoms with Crippen molar-refractivity contribution in [3.05, 3.63) is 78.0 Å². The number of amides is 1. The molecule has 27 heavy (non-hydrogen) atoms. The van der Waals surface area contributed by atoms with Gasteiger partial charge in [0.15, 0.2) is 11.5 Å². The number of hydrogen-bond donors (Lipinski definition) is 1. The van der Waals surface area contributed by atoms with Crippen LogP contribution in [0.3, 0.4) is 0 Å². The quantitative estimate of drug-likeness (QED) is 0.736. The summed E-state index contributed by atoms with van der Waals surface area (Å²) in [5.41, 5.74) is 1.32. The minimum atomic E-state index is -0.523. The second-order valence-corrected chi connectivity index (χ2v) is 6.24. The van der Waals surface area contributed by atoms with Crippen molar-refractivity contribution in [2.75, 3.05) is 18.5 Å². The van der Waals surface area contributed by atoms with E-state index in [0.29, 0.717) is 48.1 Å². The number of ether oxygens (including phenoxy) is 2. The summed E-state index contributed by atoms with van der Waals surface area (Å²) in [6, 6.07) is 14.8. The van der Waals surface area contributed by atoms with Gasteiger partial charge in [0, 0.05) is 18.2 Å². The van der Waals surface area contributed by atoms with Gasteiger partial charge in [0.25, 0.3) is 0 Å². The van der Waals surface area contributed by atoms with Crippen molar-refractivity contribution in [1.29, 1.82) is 0 Å². The standard InChI is InChI=1S/C21H18FNO4/c22-15-5-3-14(4-6-15)18(13-17-2-1-9-25-17)21(24)23-16-7-8-19-20(12-16)27-11-10-26-19/h1-9,12,18H,10-11,13H2,(H,23,24). The Balaban J connectivity index is 1.57. The van der Waals surface area contributed by atoms with E-state index in [1.165, 1.54) is 12.1 Å². The lowest BCUT2D eigenvalue weighted by Gasteiger charge is -2.20. The fourth-order valence-electron chi connectivity index (χ4n) is 3.04. The van der Waals surface area contributed by atoms with E-state index in [1.807, 2.05) is 6.07 Å². The number of carbonyl (C=O) groups is 1. The van der Waals surface area contributed by atoms with Crippen molar-refractivity contribution in [2.45, 2.75) is 12.3 Å². The van der Waals surface area contributed by atoms with Crippen molar-refractivity contribution in [3.63, 3.8) is 0 Å². The van der Waals surface area contributed by atoms with Crippen LogP contribution in [0.2, 0.25) is 0 Å². The van der Waals surface area contributed by atoms with Crippen molar-refractivity contribution in [1.82, 2.24) is 0 Å². The highest BCUT2D eigenvalue weighted by Gasteiger charge is 2.23. The van der Waals surface area contributed by atoms with Crippen LogP contribution in [0.25, 0.3) is 0 Å². The number of nitrogens with one attached hydrogen (secondary N) is 1. The maximum Gasteiger partial charge on any atom is 0.232 e. The second-order valence-electron chi connectivity index (χ2n) is 6.24. The molecule has 0 saturated heterocycles. The SMILES string of the molecule is O=C(Nc1ccc2c(c1)OCCO2)C(Cc1ccco1)c1ccc(F)cc1. The summed E-state index contributed by atoms with van der Waals surface area (Å²) >= 11 is 0. The molecule has 3 aromatic rings. The van der Waals surface area contributed by atoms with Crippen molar-refractivity contribution in [2.24, 2.45) is 0 Å². The first-order valence-electron chi connectivity index (χ1n) is 8.67. The van der Waals surface area contributed by atoms with E-state index >= 15 is 0 Å². The van der Waals surface area contributed by atoms with Crippen LogP contribution in [0.5, 0.6) is 11.5 Å². The van der Waals surface area contributed by atoms with Crippen LogP contribution < -0.4 is 14.8 Å². The van der Waals surface area contributed by atoms with E-state index in [4.69, 9.17) is 13.9 Å². The zero-order chi connectivity index (χ0) is 18.6. The zero-order valence-electron chi connectivity index (χ0n) is 14.5. The lowest BCUT2D eigenvalue weighted by Crippen LogP contribution is -2.23. The Hall–Kier alpha value is -3.28. The van der Waals surface area contributed by atoms with Gasteiger partial charge in [-0.25, -0.2) is 4.39 Å². The molecular formula is C21H18FNO4. The summed E-state index contributed by atoms with van der Waals surface area (Å²) in [5, 5.41) is 2.91. The molecule has 138 valence electrons. The molecule has 1 unspecified atom stereocenters. The molecule has 1 atom stereocenters. The first kappa shape index (κ1) is 17.1. The Bertz CT molecular complexity index is 922. The summed E-state index contributed by atoms with van der Waals surface area (Å²) in [5.74, 6) is 0.859. The summed E-state index contributed by atoms with van der Waals surface area (Å²) in [7, 11) is 0. The lowest BCUT2D eigenvalue weighted by atomic mass is 9.93. The number of halogens is 1. The van der Waals surface area contributed by atoms with Gasteiger partial charge in [-0.15, -0.1) is 0 Å². The van der Waals surface area contributed by atoms with E-state index in [2.05, 4.69) is 5.32 Å². The smallest absolute Gasteiger partial charge is 0.232 e. The molecule has 0 spiro atoms. The van der Waals surface area contributed by atoms with Gasteiger partial charge < -0.3 is 19.2 Å². The summed E-state index contributed by atoms with van der Waals surface area (Å²) < 4.78 is 29.7. The number of rotatable bonds is 5. The highest BCUT2D eigenvalue weighted by molar-refractivity contribution is 5.96. The molecule has 4 rings (SSSR count). The molecule has 1 aliphatic heterocycles. The predicted octanol–water partition coefficient (Wildman–Crippen LogP) is 4.15. The van der Waals surface area contributed by atoms with Gasteiger partial charge >= 0.3 is 0 Å². The van der Waals surface area contributed by atoms with Crippen LogP contribution in [0.4, 0.5) is 10.1 Å². The lowest BCUT2D eigenvalue weighted by molar-refractivity contribution is -0.117. The van der Waals surface area contributed by atoms with Crippen LogP contribution >= 0.6 is 0 Å². The van der Waals surface area contributed by atoms with Gasteiger partial charge in [-0.05, 0) is 42.0 Å². The first-order valence-corrected chi connectivity index (χ1v) is 8.67. The molecule has 5 nitrogen and oxygen atoms in total. The number of carbonyl (C=O) groups excluding carboxylic acids is 1. The number of benzene rings is 2. The Morgan fingerprint density at radius 3 is 2.56 bits per heavy atom. The van der Waals surface area contributed by atoms with Crippen LogP contribution in [0.15, 0.2) is 65.3 Å². The van der Waals surface area contributed by atoms with E-state index < -0.39 is 5.92 Å². The summed E-state index contributed by atoms with van der Waals surface area (Å²) in [6.45, 7) is 0.982. The van der Waals surface area contributed by atoms with Crippen LogP contribution in [0.1, 0.15) is 17.2 Å². The maximum absolute atomic E-state index is 13.3. The Morgan fingerprint density at radius 1 is 1.04 bits per heavy atom. The normalized spacial score (nSPS) is 13.8. The Morgan fingerprint density at radius 2 is 1.81 bits per heavy atom. The number of hydrogen-bond acceptors (Lipinski definition) is 4. The van der Waals surface area contributed by atoms with Crippen LogP contribution in [0, 0.1) is 5.82 Å². The van der Waals surface area contributed by atoms with E-state index in [-0.39, 0.29) is 11.7 Å². The molecule has 0 aliphatic carbocycles. The Kier molecular flexibility index (Phi) is 4.78. The average molecular weight is 367 g/mol. The third-order valence-electron chi connectivity index (χ3n) is 4.38. The highest BCUT2D eigenvalue weighted by Crippen LogP contribution is 2.33. The maximum atomic E-state index is 13.3. The van der Waals surface area contributed by atoms with Gasteiger partial charge in [-0.2, -0.15) is 0 Å². The molecule has 1 N–H and O–H groups in total. The van der Waals surface area contributed by atoms with Gasteiger partial charge in [-0.3, -0.25) is 4.79 Å². The first-order chi connectivity index (χ1) is 13.2. The van der Waals surface area contributed by atoms with Gasteiger partial charge in [0.2, 0.25) is 5.91 Å². The van der Waals surface area contributed by atoms with Gasteiger partial charge in [0.1, 0.15) is 24.8 Å². The van der Waals surface area contributed by atoms with Crippen molar-refractivity contribution in [3.8, 4) is 11.5 Å². The fourth-order valence-corrected chi connectivity index (χ4v) is 3.04. The van der Waals surface area contributed by atoms with E-state index in [9.17, 15) is 9.18 Å². The zero-order valence-corrected chi connectivity index (χ0v) is 14.5. The number of anilines is 1. The molecule has 2 heterocycles. The van der Waals surface area contributed by atoms with E-state index in [1.54, 1.807) is 42.7 Å². The number of fused-ring (bicyclic) bond motifs is 1. The Labute approximate surface area is 155 Å². The molecule has 6 heteroatoms. The monoisotopic (exact) mass is 367 g/mol. The number of furan rings is 1. The average Bonchev–Trinajstić information content (AvgIpc) is 3.20. The molecule has 2 aromatic carbocycles. The van der Waals surface area contributed by atoms with Crippen molar-refractivity contribution < 1.29 is 23.1 Å². The molecule has 0 radical (unpaired) electrons. The molecule has 1 aromatic heterocycles. The second kappa shape index (κ2) is 7.53. The van der Waals surface area contributed by atoms with E-state index in [0.717, 1.165) is 0 Å².